The number of benzene rings is 1. The van der Waals surface area contributed by atoms with Crippen molar-refractivity contribution in [3.8, 4) is 0 Å². The molecule has 2 atom stereocenters. The van der Waals surface area contributed by atoms with E-state index in [9.17, 15) is 0 Å². The van der Waals surface area contributed by atoms with Crippen LogP contribution in [0.5, 0.6) is 0 Å². The molecule has 2 unspecified atom stereocenters. The van der Waals surface area contributed by atoms with Crippen molar-refractivity contribution in [2.75, 3.05) is 25.1 Å². The van der Waals surface area contributed by atoms with Crippen LogP contribution in [0, 0.1) is 0 Å². The first-order valence-corrected chi connectivity index (χ1v) is 7.33. The van der Waals surface area contributed by atoms with Crippen LogP contribution >= 0.6 is 0 Å². The standard InChI is InChI=1S/C16H26N2O/c1-4-7-15-11-18(13(2)10-17-15)16-9-6-5-8-14(16)12-19-3/h5-6,8-9,13,15,17H,4,7,10-12H2,1-3H3. The molecule has 1 aliphatic heterocycles. The second kappa shape index (κ2) is 6.92. The molecule has 0 aromatic heterocycles. The zero-order valence-electron chi connectivity index (χ0n) is 12.4. The minimum atomic E-state index is 0.533. The second-order valence-electron chi connectivity index (χ2n) is 5.46. The van der Waals surface area contributed by atoms with Gasteiger partial charge in [0.15, 0.2) is 0 Å². The SMILES string of the molecule is CCCC1CN(c2ccccc2COC)C(C)CN1. The Bertz CT molecular complexity index is 394. The molecule has 0 aliphatic carbocycles. The van der Waals surface area contributed by atoms with Gasteiger partial charge >= 0.3 is 0 Å². The van der Waals surface area contributed by atoms with Gasteiger partial charge in [0.25, 0.3) is 0 Å². The van der Waals surface area contributed by atoms with E-state index in [1.807, 2.05) is 0 Å². The number of rotatable bonds is 5. The molecule has 1 aromatic rings. The minimum Gasteiger partial charge on any atom is -0.380 e. The van der Waals surface area contributed by atoms with Crippen LogP contribution in [0.2, 0.25) is 0 Å². The normalized spacial score (nSPS) is 23.6. The topological polar surface area (TPSA) is 24.5 Å². The Labute approximate surface area is 116 Å². The van der Waals surface area contributed by atoms with Crippen molar-refractivity contribution in [1.29, 1.82) is 0 Å². The van der Waals surface area contributed by atoms with Crippen LogP contribution in [-0.2, 0) is 11.3 Å². The zero-order chi connectivity index (χ0) is 13.7. The number of anilines is 1. The largest absolute Gasteiger partial charge is 0.380 e. The molecule has 106 valence electrons. The summed E-state index contributed by atoms with van der Waals surface area (Å²) in [5, 5.41) is 3.65. The van der Waals surface area contributed by atoms with E-state index in [1.165, 1.54) is 24.1 Å². The highest BCUT2D eigenvalue weighted by Crippen LogP contribution is 2.25. The van der Waals surface area contributed by atoms with Crippen molar-refractivity contribution >= 4 is 5.69 Å². The number of ether oxygens (including phenoxy) is 1. The lowest BCUT2D eigenvalue weighted by molar-refractivity contribution is 0.185. The molecule has 1 aromatic carbocycles. The lowest BCUT2D eigenvalue weighted by atomic mass is 10.0. The highest BCUT2D eigenvalue weighted by atomic mass is 16.5. The molecule has 0 radical (unpaired) electrons. The fourth-order valence-corrected chi connectivity index (χ4v) is 2.88. The molecule has 1 N–H and O–H groups in total. The predicted molar refractivity (Wildman–Crippen MR) is 80.7 cm³/mol. The van der Waals surface area contributed by atoms with Gasteiger partial charge in [0.2, 0.25) is 0 Å². The summed E-state index contributed by atoms with van der Waals surface area (Å²) in [7, 11) is 1.76. The van der Waals surface area contributed by atoms with Crippen molar-refractivity contribution < 1.29 is 4.74 Å². The Balaban J connectivity index is 2.18. The van der Waals surface area contributed by atoms with Gasteiger partial charge in [-0.25, -0.2) is 0 Å². The maximum absolute atomic E-state index is 5.33. The van der Waals surface area contributed by atoms with Gasteiger partial charge in [0.1, 0.15) is 0 Å². The molecule has 3 heteroatoms. The van der Waals surface area contributed by atoms with Crippen LogP contribution in [0.25, 0.3) is 0 Å². The highest BCUT2D eigenvalue weighted by Gasteiger charge is 2.25. The van der Waals surface area contributed by atoms with E-state index < -0.39 is 0 Å². The summed E-state index contributed by atoms with van der Waals surface area (Å²) in [4.78, 5) is 2.53. The van der Waals surface area contributed by atoms with E-state index in [1.54, 1.807) is 7.11 Å². The van der Waals surface area contributed by atoms with Gasteiger partial charge in [0.05, 0.1) is 6.61 Å². The molecule has 2 rings (SSSR count). The summed E-state index contributed by atoms with van der Waals surface area (Å²) in [5.74, 6) is 0. The Kier molecular flexibility index (Phi) is 5.23. The molecule has 0 spiro atoms. The summed E-state index contributed by atoms with van der Waals surface area (Å²) >= 11 is 0. The molecule has 0 amide bonds. The Morgan fingerprint density at radius 1 is 1.37 bits per heavy atom. The zero-order valence-corrected chi connectivity index (χ0v) is 12.4. The van der Waals surface area contributed by atoms with Crippen molar-refractivity contribution in [2.45, 2.75) is 45.4 Å². The number of methoxy groups -OCH3 is 1. The van der Waals surface area contributed by atoms with Gasteiger partial charge in [0, 0.05) is 43.5 Å². The Hall–Kier alpha value is -1.06. The maximum Gasteiger partial charge on any atom is 0.0733 e. The van der Waals surface area contributed by atoms with E-state index in [4.69, 9.17) is 4.74 Å². The monoisotopic (exact) mass is 262 g/mol. The first-order chi connectivity index (χ1) is 9.26. The van der Waals surface area contributed by atoms with Crippen LogP contribution in [0.1, 0.15) is 32.3 Å². The molecular weight excluding hydrogens is 236 g/mol. The lowest BCUT2D eigenvalue weighted by Gasteiger charge is -2.41. The van der Waals surface area contributed by atoms with Crippen LogP contribution in [0.15, 0.2) is 24.3 Å². The predicted octanol–water partition coefficient (Wildman–Crippen LogP) is 2.80. The van der Waals surface area contributed by atoms with E-state index in [-0.39, 0.29) is 0 Å². The molecule has 1 fully saturated rings. The van der Waals surface area contributed by atoms with Crippen LogP contribution in [0.3, 0.4) is 0 Å². The fraction of sp³-hybridized carbons (Fsp3) is 0.625. The first kappa shape index (κ1) is 14.4. The van der Waals surface area contributed by atoms with E-state index >= 15 is 0 Å². The summed E-state index contributed by atoms with van der Waals surface area (Å²) in [6.45, 7) is 7.38. The molecular formula is C16H26N2O. The lowest BCUT2D eigenvalue weighted by Crippen LogP contribution is -2.55. The Morgan fingerprint density at radius 2 is 2.16 bits per heavy atom. The molecule has 0 saturated carbocycles. The number of hydrogen-bond acceptors (Lipinski definition) is 3. The molecule has 1 aliphatic rings. The maximum atomic E-state index is 5.33. The number of nitrogens with zero attached hydrogens (tertiary/aromatic N) is 1. The third-order valence-corrected chi connectivity index (χ3v) is 3.89. The van der Waals surface area contributed by atoms with Crippen molar-refractivity contribution in [3.05, 3.63) is 29.8 Å². The number of para-hydroxylation sites is 1. The molecule has 1 heterocycles. The summed E-state index contributed by atoms with van der Waals surface area (Å²) < 4.78 is 5.33. The molecule has 3 nitrogen and oxygen atoms in total. The first-order valence-electron chi connectivity index (χ1n) is 7.33. The third-order valence-electron chi connectivity index (χ3n) is 3.89. The summed E-state index contributed by atoms with van der Waals surface area (Å²) in [6.07, 6.45) is 2.48. The van der Waals surface area contributed by atoms with E-state index in [0.717, 1.165) is 13.1 Å². The number of nitrogens with one attached hydrogen (secondary N) is 1. The summed E-state index contributed by atoms with van der Waals surface area (Å²) in [6, 6.07) is 9.75. The van der Waals surface area contributed by atoms with Crippen molar-refractivity contribution in [3.63, 3.8) is 0 Å². The molecule has 0 bridgehead atoms. The van der Waals surface area contributed by atoms with Crippen LogP contribution in [0.4, 0.5) is 5.69 Å². The molecule has 19 heavy (non-hydrogen) atoms. The van der Waals surface area contributed by atoms with Gasteiger partial charge < -0.3 is 15.0 Å². The van der Waals surface area contributed by atoms with Crippen molar-refractivity contribution in [1.82, 2.24) is 5.32 Å². The average molecular weight is 262 g/mol. The quantitative estimate of drug-likeness (QED) is 0.883. The Morgan fingerprint density at radius 3 is 2.89 bits per heavy atom. The second-order valence-corrected chi connectivity index (χ2v) is 5.46. The fourth-order valence-electron chi connectivity index (χ4n) is 2.88. The minimum absolute atomic E-state index is 0.533. The average Bonchev–Trinajstić information content (AvgIpc) is 2.42. The van der Waals surface area contributed by atoms with Gasteiger partial charge in [-0.2, -0.15) is 0 Å². The third kappa shape index (κ3) is 3.48. The van der Waals surface area contributed by atoms with Gasteiger partial charge in [-0.05, 0) is 19.4 Å². The highest BCUT2D eigenvalue weighted by molar-refractivity contribution is 5.54. The number of piperazine rings is 1. The van der Waals surface area contributed by atoms with Gasteiger partial charge in [-0.3, -0.25) is 0 Å². The van der Waals surface area contributed by atoms with E-state index in [0.29, 0.717) is 18.7 Å². The smallest absolute Gasteiger partial charge is 0.0733 e. The molecule has 1 saturated heterocycles. The van der Waals surface area contributed by atoms with Crippen LogP contribution in [-0.4, -0.2) is 32.3 Å². The van der Waals surface area contributed by atoms with Gasteiger partial charge in [-0.1, -0.05) is 31.5 Å². The van der Waals surface area contributed by atoms with Gasteiger partial charge in [-0.15, -0.1) is 0 Å². The summed E-state index contributed by atoms with van der Waals surface area (Å²) in [5.41, 5.74) is 2.62. The van der Waals surface area contributed by atoms with Crippen molar-refractivity contribution in [2.24, 2.45) is 0 Å². The van der Waals surface area contributed by atoms with Crippen LogP contribution < -0.4 is 10.2 Å². The number of hydrogen-bond donors (Lipinski definition) is 1. The van der Waals surface area contributed by atoms with E-state index in [2.05, 4.69) is 48.3 Å².